The predicted molar refractivity (Wildman–Crippen MR) is 92.7 cm³/mol. The van der Waals surface area contributed by atoms with Crippen LogP contribution in [-0.2, 0) is 11.2 Å². The number of aromatic nitrogens is 1. The first-order chi connectivity index (χ1) is 10.6. The van der Waals surface area contributed by atoms with E-state index in [9.17, 15) is 4.79 Å². The Morgan fingerprint density at radius 1 is 1.14 bits per heavy atom. The smallest absolute Gasteiger partial charge is 0.303 e. The van der Waals surface area contributed by atoms with Crippen LogP contribution in [0.5, 0.6) is 0 Å². The molecule has 0 aliphatic carbocycles. The standard InChI is InChI=1S/C17H14BrNO2S/c18-12-3-5-13(6-4-12)19-14(8-10-17(20)21)7-9-15(19)16-2-1-11-22-16/h1-7,9,11H,8,10H2,(H,20,21). The second kappa shape index (κ2) is 6.50. The number of nitrogens with zero attached hydrogens (tertiary/aromatic N) is 1. The minimum atomic E-state index is -0.777. The molecule has 1 N–H and O–H groups in total. The Morgan fingerprint density at radius 2 is 1.91 bits per heavy atom. The lowest BCUT2D eigenvalue weighted by Crippen LogP contribution is -2.05. The topological polar surface area (TPSA) is 42.2 Å². The van der Waals surface area contributed by atoms with Gasteiger partial charge in [0, 0.05) is 15.9 Å². The third kappa shape index (κ3) is 3.15. The number of rotatable bonds is 5. The summed E-state index contributed by atoms with van der Waals surface area (Å²) in [6.45, 7) is 0. The van der Waals surface area contributed by atoms with E-state index >= 15 is 0 Å². The first kappa shape index (κ1) is 15.1. The molecule has 3 nitrogen and oxygen atoms in total. The van der Waals surface area contributed by atoms with Crippen LogP contribution in [0.3, 0.4) is 0 Å². The van der Waals surface area contributed by atoms with E-state index in [1.165, 1.54) is 4.88 Å². The number of aryl methyl sites for hydroxylation is 1. The first-order valence-corrected chi connectivity index (χ1v) is 8.54. The third-order valence-corrected chi connectivity index (χ3v) is 4.84. The van der Waals surface area contributed by atoms with Crippen molar-refractivity contribution in [3.63, 3.8) is 0 Å². The van der Waals surface area contributed by atoms with Gasteiger partial charge >= 0.3 is 5.97 Å². The molecule has 0 amide bonds. The third-order valence-electron chi connectivity index (χ3n) is 3.42. The molecule has 0 aliphatic heterocycles. The number of halogens is 1. The SMILES string of the molecule is O=C(O)CCc1ccc(-c2cccs2)n1-c1ccc(Br)cc1. The molecule has 0 fully saturated rings. The molecule has 2 aromatic heterocycles. The van der Waals surface area contributed by atoms with Crippen LogP contribution in [0.15, 0.2) is 58.4 Å². The Kier molecular flexibility index (Phi) is 4.45. The van der Waals surface area contributed by atoms with Crippen molar-refractivity contribution in [1.82, 2.24) is 4.57 Å². The molecule has 22 heavy (non-hydrogen) atoms. The molecule has 0 spiro atoms. The summed E-state index contributed by atoms with van der Waals surface area (Å²) in [4.78, 5) is 12.1. The number of hydrogen-bond donors (Lipinski definition) is 1. The summed E-state index contributed by atoms with van der Waals surface area (Å²) < 4.78 is 3.16. The van der Waals surface area contributed by atoms with E-state index in [4.69, 9.17) is 5.11 Å². The fraction of sp³-hybridized carbons (Fsp3) is 0.118. The molecule has 0 atom stereocenters. The number of benzene rings is 1. The molecule has 0 radical (unpaired) electrons. The molecular weight excluding hydrogens is 362 g/mol. The van der Waals surface area contributed by atoms with Crippen LogP contribution in [0, 0.1) is 0 Å². The summed E-state index contributed by atoms with van der Waals surface area (Å²) in [5.74, 6) is -0.777. The Bertz CT molecular complexity index is 776. The van der Waals surface area contributed by atoms with Gasteiger partial charge in [0.15, 0.2) is 0 Å². The lowest BCUT2D eigenvalue weighted by atomic mass is 10.2. The van der Waals surface area contributed by atoms with Crippen LogP contribution in [0.1, 0.15) is 12.1 Å². The van der Waals surface area contributed by atoms with Crippen molar-refractivity contribution in [3.8, 4) is 16.3 Å². The summed E-state index contributed by atoms with van der Waals surface area (Å²) in [6.07, 6.45) is 0.640. The Labute approximate surface area is 141 Å². The van der Waals surface area contributed by atoms with E-state index < -0.39 is 5.97 Å². The Hall–Kier alpha value is -1.85. The van der Waals surface area contributed by atoms with Crippen LogP contribution in [0.25, 0.3) is 16.3 Å². The summed E-state index contributed by atoms with van der Waals surface area (Å²) in [5, 5.41) is 11.0. The fourth-order valence-corrected chi connectivity index (χ4v) is 3.43. The van der Waals surface area contributed by atoms with Gasteiger partial charge in [0.1, 0.15) is 0 Å². The number of aliphatic carboxylic acids is 1. The summed E-state index contributed by atoms with van der Waals surface area (Å²) in [5.41, 5.74) is 3.14. The molecule has 0 saturated heterocycles. The molecule has 2 heterocycles. The highest BCUT2D eigenvalue weighted by Crippen LogP contribution is 2.31. The van der Waals surface area contributed by atoms with Gasteiger partial charge < -0.3 is 9.67 Å². The monoisotopic (exact) mass is 375 g/mol. The molecule has 3 aromatic rings. The zero-order valence-electron chi connectivity index (χ0n) is 11.7. The van der Waals surface area contributed by atoms with Gasteiger partial charge in [-0.2, -0.15) is 0 Å². The molecule has 0 bridgehead atoms. The van der Waals surface area contributed by atoms with E-state index in [0.717, 1.165) is 21.5 Å². The van der Waals surface area contributed by atoms with Gasteiger partial charge in [-0.15, -0.1) is 11.3 Å². The van der Waals surface area contributed by atoms with Crippen molar-refractivity contribution in [1.29, 1.82) is 0 Å². The maximum absolute atomic E-state index is 10.9. The Morgan fingerprint density at radius 3 is 2.55 bits per heavy atom. The number of carboxylic acid groups (broad SMARTS) is 1. The summed E-state index contributed by atoms with van der Waals surface area (Å²) in [6, 6.07) is 16.2. The average Bonchev–Trinajstić information content (AvgIpc) is 3.15. The van der Waals surface area contributed by atoms with Crippen molar-refractivity contribution < 1.29 is 9.90 Å². The maximum atomic E-state index is 10.9. The highest BCUT2D eigenvalue weighted by molar-refractivity contribution is 9.10. The molecule has 5 heteroatoms. The number of thiophene rings is 1. The van der Waals surface area contributed by atoms with Gasteiger partial charge in [-0.05, 0) is 54.3 Å². The zero-order chi connectivity index (χ0) is 15.5. The summed E-state index contributed by atoms with van der Waals surface area (Å²) >= 11 is 5.13. The van der Waals surface area contributed by atoms with Crippen LogP contribution in [-0.4, -0.2) is 15.6 Å². The highest BCUT2D eigenvalue weighted by atomic mass is 79.9. The van der Waals surface area contributed by atoms with Crippen LogP contribution in [0.2, 0.25) is 0 Å². The fourth-order valence-electron chi connectivity index (χ4n) is 2.42. The number of carbonyl (C=O) groups is 1. The minimum absolute atomic E-state index is 0.129. The molecule has 1 aromatic carbocycles. The molecule has 112 valence electrons. The van der Waals surface area contributed by atoms with Crippen molar-refractivity contribution in [2.75, 3.05) is 0 Å². The van der Waals surface area contributed by atoms with E-state index in [1.54, 1.807) is 11.3 Å². The Balaban J connectivity index is 2.08. The predicted octanol–water partition coefficient (Wildman–Crippen LogP) is 4.99. The second-order valence-electron chi connectivity index (χ2n) is 4.89. The molecule has 0 saturated carbocycles. The van der Waals surface area contributed by atoms with Crippen molar-refractivity contribution in [3.05, 3.63) is 64.1 Å². The second-order valence-corrected chi connectivity index (χ2v) is 6.76. The molecule has 0 aliphatic rings. The van der Waals surface area contributed by atoms with Crippen LogP contribution >= 0.6 is 27.3 Å². The minimum Gasteiger partial charge on any atom is -0.481 e. The average molecular weight is 376 g/mol. The molecule has 3 rings (SSSR count). The van der Waals surface area contributed by atoms with E-state index in [0.29, 0.717) is 6.42 Å². The van der Waals surface area contributed by atoms with Crippen molar-refractivity contribution >= 4 is 33.2 Å². The normalized spacial score (nSPS) is 10.8. The maximum Gasteiger partial charge on any atom is 0.303 e. The van der Waals surface area contributed by atoms with Gasteiger partial charge in [0.2, 0.25) is 0 Å². The largest absolute Gasteiger partial charge is 0.481 e. The zero-order valence-corrected chi connectivity index (χ0v) is 14.1. The lowest BCUT2D eigenvalue weighted by molar-refractivity contribution is -0.136. The summed E-state index contributed by atoms with van der Waals surface area (Å²) in [7, 11) is 0. The van der Waals surface area contributed by atoms with Gasteiger partial charge in [-0.3, -0.25) is 4.79 Å². The van der Waals surface area contributed by atoms with Crippen LogP contribution in [0.4, 0.5) is 0 Å². The van der Waals surface area contributed by atoms with Crippen molar-refractivity contribution in [2.45, 2.75) is 12.8 Å². The quantitative estimate of drug-likeness (QED) is 0.682. The van der Waals surface area contributed by atoms with Crippen molar-refractivity contribution in [2.24, 2.45) is 0 Å². The van der Waals surface area contributed by atoms with Gasteiger partial charge in [0.25, 0.3) is 0 Å². The van der Waals surface area contributed by atoms with Crippen LogP contribution < -0.4 is 0 Å². The molecular formula is C17H14BrNO2S. The number of carboxylic acids is 1. The molecule has 0 unspecified atom stereocenters. The van der Waals surface area contributed by atoms with E-state index in [2.05, 4.69) is 32.6 Å². The number of hydrogen-bond acceptors (Lipinski definition) is 2. The lowest BCUT2D eigenvalue weighted by Gasteiger charge is -2.13. The van der Waals surface area contributed by atoms with Gasteiger partial charge in [0.05, 0.1) is 17.0 Å². The van der Waals surface area contributed by atoms with Gasteiger partial charge in [-0.25, -0.2) is 0 Å². The highest BCUT2D eigenvalue weighted by Gasteiger charge is 2.13. The first-order valence-electron chi connectivity index (χ1n) is 6.87. The van der Waals surface area contributed by atoms with E-state index in [1.807, 2.05) is 41.8 Å². The van der Waals surface area contributed by atoms with Gasteiger partial charge in [-0.1, -0.05) is 22.0 Å². The van der Waals surface area contributed by atoms with E-state index in [-0.39, 0.29) is 6.42 Å².